The van der Waals surface area contributed by atoms with Crippen LogP contribution in [0.5, 0.6) is 5.75 Å². The van der Waals surface area contributed by atoms with Crippen molar-refractivity contribution in [2.75, 3.05) is 38.3 Å². The lowest BCUT2D eigenvalue weighted by Crippen LogP contribution is -2.28. The molecule has 2 aromatic rings. The number of anilines is 1. The van der Waals surface area contributed by atoms with Crippen molar-refractivity contribution in [1.29, 1.82) is 0 Å². The summed E-state index contributed by atoms with van der Waals surface area (Å²) in [7, 11) is 1.68. The van der Waals surface area contributed by atoms with Crippen LogP contribution in [0.2, 0.25) is 0 Å². The molecule has 0 amide bonds. The molecule has 5 rings (SSSR count). The van der Waals surface area contributed by atoms with E-state index in [1.54, 1.807) is 7.11 Å². The summed E-state index contributed by atoms with van der Waals surface area (Å²) in [6, 6.07) is 12.2. The van der Waals surface area contributed by atoms with Crippen molar-refractivity contribution in [3.8, 4) is 5.75 Å². The van der Waals surface area contributed by atoms with Crippen molar-refractivity contribution >= 4 is 28.7 Å². The Hall–Kier alpha value is -3.16. The van der Waals surface area contributed by atoms with E-state index in [4.69, 9.17) is 16.3 Å². The standard InChI is InChI=1S/C35H42ClN2O4/c1-34(2)27-20-23(22-41)6-12-29(27)37(16-18-39)31(34)14-9-24-7-8-25(33(24)36)10-15-32-35(3,4)28-21-26(42-5)11-13-30(28)38(32)17-19-40/h6,9-15,20-21,39-41H,7-8,16-19,22H2,1-5H3/q+1. The molecule has 0 saturated carbocycles. The van der Waals surface area contributed by atoms with E-state index in [0.29, 0.717) is 13.1 Å². The highest BCUT2D eigenvalue weighted by Gasteiger charge is 2.44. The summed E-state index contributed by atoms with van der Waals surface area (Å²) in [5.41, 5.74) is 9.19. The SMILES string of the molecule is COc1ccc2c(c1)C(C)(C)C(/C=C/C1=C(Cl)C(=C/C=C3/N(CCO)c4ccc(CO)cc4C3(C)C)/CC1)=[N+]2CCO. The number of aliphatic hydroxyl groups is 3. The maximum Gasteiger partial charge on any atom is 0.210 e. The van der Waals surface area contributed by atoms with Gasteiger partial charge in [-0.3, -0.25) is 0 Å². The molecule has 0 radical (unpaired) electrons. The molecule has 0 aromatic heterocycles. The first-order valence-electron chi connectivity index (χ1n) is 14.6. The Morgan fingerprint density at radius 3 is 2.40 bits per heavy atom. The number of hydrogen-bond donors (Lipinski definition) is 3. The third-order valence-corrected chi connectivity index (χ3v) is 9.48. The summed E-state index contributed by atoms with van der Waals surface area (Å²) in [6.45, 7) is 9.87. The number of halogens is 1. The zero-order valence-corrected chi connectivity index (χ0v) is 26.0. The fraction of sp³-hybridized carbons (Fsp3) is 0.400. The summed E-state index contributed by atoms with van der Waals surface area (Å²) in [5.74, 6) is 0.821. The van der Waals surface area contributed by atoms with E-state index in [2.05, 4.69) is 79.7 Å². The van der Waals surface area contributed by atoms with Crippen LogP contribution < -0.4 is 9.64 Å². The van der Waals surface area contributed by atoms with Crippen LogP contribution in [0.3, 0.4) is 0 Å². The van der Waals surface area contributed by atoms with Gasteiger partial charge in [-0.25, -0.2) is 0 Å². The monoisotopic (exact) mass is 589 g/mol. The molecule has 0 unspecified atom stereocenters. The van der Waals surface area contributed by atoms with Crippen LogP contribution in [0.1, 0.15) is 57.2 Å². The van der Waals surface area contributed by atoms with Gasteiger partial charge in [0.15, 0.2) is 12.3 Å². The number of rotatable bonds is 9. The van der Waals surface area contributed by atoms with Crippen LogP contribution in [0.25, 0.3) is 0 Å². The van der Waals surface area contributed by atoms with Crippen LogP contribution >= 0.6 is 11.6 Å². The lowest BCUT2D eigenvalue weighted by Gasteiger charge is -2.26. The Kier molecular flexibility index (Phi) is 8.55. The molecule has 3 aliphatic rings. The lowest BCUT2D eigenvalue weighted by molar-refractivity contribution is -0.441. The van der Waals surface area contributed by atoms with Crippen molar-refractivity contribution in [2.24, 2.45) is 0 Å². The van der Waals surface area contributed by atoms with E-state index < -0.39 is 0 Å². The van der Waals surface area contributed by atoms with Gasteiger partial charge in [0.2, 0.25) is 5.69 Å². The molecule has 2 aromatic carbocycles. The maximum atomic E-state index is 9.84. The molecule has 1 aliphatic carbocycles. The number of allylic oxidation sites excluding steroid dienone is 8. The second-order valence-electron chi connectivity index (χ2n) is 12.2. The molecule has 6 nitrogen and oxygen atoms in total. The van der Waals surface area contributed by atoms with Gasteiger partial charge < -0.3 is 25.0 Å². The number of hydrogen-bond acceptors (Lipinski definition) is 5. The maximum absolute atomic E-state index is 9.84. The Morgan fingerprint density at radius 1 is 0.929 bits per heavy atom. The average molecular weight is 590 g/mol. The summed E-state index contributed by atoms with van der Waals surface area (Å²) >= 11 is 6.98. The predicted molar refractivity (Wildman–Crippen MR) is 170 cm³/mol. The van der Waals surface area contributed by atoms with Gasteiger partial charge >= 0.3 is 0 Å². The Morgan fingerprint density at radius 2 is 1.71 bits per heavy atom. The van der Waals surface area contributed by atoms with Crippen molar-refractivity contribution in [3.05, 3.63) is 99.3 Å². The number of aliphatic hydroxyl groups excluding tert-OH is 3. The van der Waals surface area contributed by atoms with Gasteiger partial charge in [-0.05, 0) is 73.2 Å². The highest BCUT2D eigenvalue weighted by molar-refractivity contribution is 6.33. The van der Waals surface area contributed by atoms with Gasteiger partial charge in [-0.2, -0.15) is 4.58 Å². The molecular weight excluding hydrogens is 548 g/mol. The van der Waals surface area contributed by atoms with E-state index in [1.807, 2.05) is 18.2 Å². The van der Waals surface area contributed by atoms with Crippen LogP contribution in [0.4, 0.5) is 11.4 Å². The molecule has 0 bridgehead atoms. The summed E-state index contributed by atoms with van der Waals surface area (Å²) in [6.07, 6.45) is 10.2. The van der Waals surface area contributed by atoms with Crippen molar-refractivity contribution < 1.29 is 24.6 Å². The minimum absolute atomic E-state index is 0.00246. The zero-order chi connectivity index (χ0) is 30.2. The molecule has 0 spiro atoms. The average Bonchev–Trinajstić information content (AvgIpc) is 3.51. The number of fused-ring (bicyclic) bond motifs is 2. The van der Waals surface area contributed by atoms with Crippen LogP contribution in [-0.2, 0) is 17.4 Å². The number of β-amino-alcohol motifs (C(OH)–C–C–N with tert-alkyl or cyclic N) is 2. The summed E-state index contributed by atoms with van der Waals surface area (Å²) in [4.78, 5) is 2.17. The van der Waals surface area contributed by atoms with E-state index >= 15 is 0 Å². The van der Waals surface area contributed by atoms with E-state index in [-0.39, 0.29) is 30.7 Å². The Balaban J connectivity index is 1.46. The number of nitrogens with zero attached hydrogens (tertiary/aromatic N) is 2. The minimum atomic E-state index is -0.289. The van der Waals surface area contributed by atoms with Crippen LogP contribution in [0, 0.1) is 0 Å². The molecule has 7 heteroatoms. The largest absolute Gasteiger partial charge is 0.497 e. The van der Waals surface area contributed by atoms with Gasteiger partial charge in [0.25, 0.3) is 0 Å². The van der Waals surface area contributed by atoms with Crippen molar-refractivity contribution in [1.82, 2.24) is 0 Å². The van der Waals surface area contributed by atoms with Gasteiger partial charge in [0.05, 0.1) is 25.7 Å². The zero-order valence-electron chi connectivity index (χ0n) is 25.2. The van der Waals surface area contributed by atoms with E-state index in [0.717, 1.165) is 68.7 Å². The van der Waals surface area contributed by atoms with Crippen LogP contribution in [-0.4, -0.2) is 59.0 Å². The molecule has 0 atom stereocenters. The third-order valence-electron chi connectivity index (χ3n) is 9.00. The lowest BCUT2D eigenvalue weighted by atomic mass is 9.81. The molecule has 42 heavy (non-hydrogen) atoms. The topological polar surface area (TPSA) is 76.2 Å². The van der Waals surface area contributed by atoms with Crippen LogP contribution in [0.15, 0.2) is 82.6 Å². The first-order chi connectivity index (χ1) is 20.1. The molecule has 2 aliphatic heterocycles. The van der Waals surface area contributed by atoms with Gasteiger partial charge in [0.1, 0.15) is 12.4 Å². The van der Waals surface area contributed by atoms with E-state index in [9.17, 15) is 15.3 Å². The third kappa shape index (κ3) is 5.15. The predicted octanol–water partition coefficient (Wildman–Crippen LogP) is 6.00. The molecular formula is C35H42ClN2O4+. The Bertz CT molecular complexity index is 1540. The molecule has 0 saturated heterocycles. The van der Waals surface area contributed by atoms with Crippen molar-refractivity contribution in [3.63, 3.8) is 0 Å². The molecule has 3 N–H and O–H groups in total. The quantitative estimate of drug-likeness (QED) is 0.313. The van der Waals surface area contributed by atoms with Gasteiger partial charge in [-0.15, -0.1) is 0 Å². The fourth-order valence-electron chi connectivity index (χ4n) is 6.65. The Labute approximate surface area is 254 Å². The molecule has 2 heterocycles. The molecule has 0 fully saturated rings. The normalized spacial score (nSPS) is 20.9. The van der Waals surface area contributed by atoms with Gasteiger partial charge in [-0.1, -0.05) is 49.7 Å². The summed E-state index contributed by atoms with van der Waals surface area (Å²) in [5, 5.41) is 30.2. The first kappa shape index (κ1) is 30.3. The summed E-state index contributed by atoms with van der Waals surface area (Å²) < 4.78 is 7.68. The number of methoxy groups -OCH3 is 1. The fourth-order valence-corrected chi connectivity index (χ4v) is 6.97. The second kappa shape index (κ2) is 11.8. The highest BCUT2D eigenvalue weighted by Crippen LogP contribution is 2.48. The molecule has 222 valence electrons. The number of ether oxygens (including phenoxy) is 1. The minimum Gasteiger partial charge on any atom is -0.497 e. The smallest absolute Gasteiger partial charge is 0.210 e. The van der Waals surface area contributed by atoms with E-state index in [1.165, 1.54) is 5.56 Å². The first-order valence-corrected chi connectivity index (χ1v) is 15.0. The van der Waals surface area contributed by atoms with Crippen molar-refractivity contribution in [2.45, 2.75) is 58.0 Å². The highest BCUT2D eigenvalue weighted by atomic mass is 35.5. The number of benzene rings is 2. The second-order valence-corrected chi connectivity index (χ2v) is 12.6. The van der Waals surface area contributed by atoms with Gasteiger partial charge in [0, 0.05) is 46.1 Å².